The fourth-order valence-corrected chi connectivity index (χ4v) is 2.72. The molecule has 2 aromatic rings. The summed E-state index contributed by atoms with van der Waals surface area (Å²) in [4.78, 5) is 35.3. The maximum Gasteiger partial charge on any atom is 0.417 e. The number of benzene rings is 2. The van der Waals surface area contributed by atoms with Gasteiger partial charge in [0.25, 0.3) is 11.8 Å². The molecule has 0 saturated heterocycles. The van der Waals surface area contributed by atoms with E-state index in [0.29, 0.717) is 16.1 Å². The van der Waals surface area contributed by atoms with Crippen molar-refractivity contribution < 1.29 is 32.3 Å². The molecule has 2 N–H and O–H groups in total. The van der Waals surface area contributed by atoms with Crippen LogP contribution in [-0.2, 0) is 20.5 Å². The summed E-state index contributed by atoms with van der Waals surface area (Å²) in [6.45, 7) is -1.23. The van der Waals surface area contributed by atoms with Crippen molar-refractivity contribution in [2.75, 3.05) is 18.5 Å². The number of carbonyl (C=O) groups is 3. The van der Waals surface area contributed by atoms with Crippen molar-refractivity contribution >= 4 is 51.0 Å². The largest absolute Gasteiger partial charge is 0.454 e. The van der Waals surface area contributed by atoms with Crippen molar-refractivity contribution in [3.63, 3.8) is 0 Å². The zero-order chi connectivity index (χ0) is 21.6. The number of amides is 2. The van der Waals surface area contributed by atoms with Crippen LogP contribution in [0.25, 0.3) is 0 Å². The number of hydrogen-bond donors (Lipinski definition) is 2. The summed E-state index contributed by atoms with van der Waals surface area (Å²) in [6, 6.07) is 9.29. The standard InChI is InChI=1S/C18H13BrClF3N2O4/c19-11-3-1-2-10(6-11)17(28)24-8-16(27)29-9-15(26)25-12-4-5-14(20)13(7-12)18(21,22)23/h1-7H,8-9H2,(H,24,28)(H,25,26). The summed E-state index contributed by atoms with van der Waals surface area (Å²) < 4.78 is 43.8. The molecule has 2 aromatic carbocycles. The van der Waals surface area contributed by atoms with Gasteiger partial charge in [-0.25, -0.2) is 0 Å². The van der Waals surface area contributed by atoms with Gasteiger partial charge in [0.1, 0.15) is 6.54 Å². The van der Waals surface area contributed by atoms with Gasteiger partial charge in [-0.05, 0) is 36.4 Å². The third-order valence-corrected chi connectivity index (χ3v) is 4.22. The van der Waals surface area contributed by atoms with Gasteiger partial charge < -0.3 is 15.4 Å². The molecule has 154 valence electrons. The summed E-state index contributed by atoms with van der Waals surface area (Å²) in [5, 5.41) is 3.98. The Morgan fingerprint density at radius 2 is 1.83 bits per heavy atom. The van der Waals surface area contributed by atoms with Crippen LogP contribution in [0.2, 0.25) is 5.02 Å². The number of halogens is 5. The van der Waals surface area contributed by atoms with E-state index in [9.17, 15) is 27.6 Å². The summed E-state index contributed by atoms with van der Waals surface area (Å²) in [6.07, 6.45) is -4.68. The number of alkyl halides is 3. The lowest BCUT2D eigenvalue weighted by Crippen LogP contribution is -2.32. The van der Waals surface area contributed by atoms with Crippen molar-refractivity contribution in [1.82, 2.24) is 5.32 Å². The van der Waals surface area contributed by atoms with E-state index in [1.54, 1.807) is 24.3 Å². The van der Waals surface area contributed by atoms with E-state index in [0.717, 1.165) is 6.07 Å². The van der Waals surface area contributed by atoms with Gasteiger partial charge in [0.2, 0.25) is 0 Å². The summed E-state index contributed by atoms with van der Waals surface area (Å²) in [5.41, 5.74) is -0.955. The van der Waals surface area contributed by atoms with E-state index >= 15 is 0 Å². The number of hydrogen-bond acceptors (Lipinski definition) is 4. The van der Waals surface area contributed by atoms with Crippen molar-refractivity contribution in [2.45, 2.75) is 6.18 Å². The Morgan fingerprint density at radius 1 is 1.10 bits per heavy atom. The molecular formula is C18H13BrClF3N2O4. The van der Waals surface area contributed by atoms with E-state index in [1.807, 2.05) is 0 Å². The van der Waals surface area contributed by atoms with Gasteiger partial charge in [-0.15, -0.1) is 0 Å². The average molecular weight is 494 g/mol. The maximum absolute atomic E-state index is 12.8. The lowest BCUT2D eigenvalue weighted by molar-refractivity contribution is -0.146. The number of nitrogens with one attached hydrogen (secondary N) is 2. The molecule has 11 heteroatoms. The second-order valence-electron chi connectivity index (χ2n) is 5.59. The third-order valence-electron chi connectivity index (χ3n) is 3.40. The third kappa shape index (κ3) is 7.06. The predicted octanol–water partition coefficient (Wildman–Crippen LogP) is 4.03. The van der Waals surface area contributed by atoms with Crippen LogP contribution in [0.1, 0.15) is 15.9 Å². The fourth-order valence-electron chi connectivity index (χ4n) is 2.10. The molecule has 6 nitrogen and oxygen atoms in total. The molecule has 0 saturated carbocycles. The van der Waals surface area contributed by atoms with E-state index in [2.05, 4.69) is 31.3 Å². The lowest BCUT2D eigenvalue weighted by atomic mass is 10.2. The number of rotatable bonds is 6. The highest BCUT2D eigenvalue weighted by Gasteiger charge is 2.33. The Kier molecular flexibility index (Phi) is 7.63. The van der Waals surface area contributed by atoms with Crippen LogP contribution < -0.4 is 10.6 Å². The smallest absolute Gasteiger partial charge is 0.417 e. The second kappa shape index (κ2) is 9.75. The first-order chi connectivity index (χ1) is 13.6. The van der Waals surface area contributed by atoms with Crippen LogP contribution in [0.5, 0.6) is 0 Å². The molecule has 2 amide bonds. The molecule has 2 rings (SSSR count). The molecule has 0 aliphatic rings. The number of anilines is 1. The predicted molar refractivity (Wildman–Crippen MR) is 103 cm³/mol. The van der Waals surface area contributed by atoms with Crippen molar-refractivity contribution in [2.24, 2.45) is 0 Å². The van der Waals surface area contributed by atoms with Crippen molar-refractivity contribution in [1.29, 1.82) is 0 Å². The number of ether oxygens (including phenoxy) is 1. The van der Waals surface area contributed by atoms with Crippen LogP contribution in [0.4, 0.5) is 18.9 Å². The first-order valence-electron chi connectivity index (χ1n) is 7.92. The molecule has 29 heavy (non-hydrogen) atoms. The van der Waals surface area contributed by atoms with Crippen LogP contribution in [0.15, 0.2) is 46.9 Å². The molecule has 0 aliphatic heterocycles. The SMILES string of the molecule is O=C(COC(=O)CNC(=O)c1cccc(Br)c1)Nc1ccc(Cl)c(C(F)(F)F)c1. The molecular weight excluding hydrogens is 481 g/mol. The molecule has 0 fully saturated rings. The molecule has 0 radical (unpaired) electrons. The minimum absolute atomic E-state index is 0.161. The highest BCUT2D eigenvalue weighted by molar-refractivity contribution is 9.10. The highest BCUT2D eigenvalue weighted by Crippen LogP contribution is 2.36. The van der Waals surface area contributed by atoms with Crippen LogP contribution >= 0.6 is 27.5 Å². The Hall–Kier alpha value is -2.59. The van der Waals surface area contributed by atoms with Crippen molar-refractivity contribution in [3.8, 4) is 0 Å². The lowest BCUT2D eigenvalue weighted by Gasteiger charge is -2.12. The van der Waals surface area contributed by atoms with Gasteiger partial charge in [-0.2, -0.15) is 13.2 Å². The van der Waals surface area contributed by atoms with Crippen LogP contribution in [-0.4, -0.2) is 30.9 Å². The van der Waals surface area contributed by atoms with Crippen LogP contribution in [0, 0.1) is 0 Å². The van der Waals surface area contributed by atoms with E-state index in [1.165, 1.54) is 6.07 Å². The van der Waals surface area contributed by atoms with E-state index in [-0.39, 0.29) is 5.69 Å². The van der Waals surface area contributed by atoms with E-state index < -0.39 is 47.7 Å². The zero-order valence-corrected chi connectivity index (χ0v) is 16.8. The van der Waals surface area contributed by atoms with Gasteiger partial charge >= 0.3 is 12.1 Å². The molecule has 0 spiro atoms. The molecule has 0 heterocycles. The number of carbonyl (C=O) groups excluding carboxylic acids is 3. The average Bonchev–Trinajstić information content (AvgIpc) is 2.65. The fraction of sp³-hybridized carbons (Fsp3) is 0.167. The van der Waals surface area contributed by atoms with Gasteiger partial charge in [-0.3, -0.25) is 14.4 Å². The summed E-state index contributed by atoms with van der Waals surface area (Å²) >= 11 is 8.71. The quantitative estimate of drug-likeness (QED) is 0.595. The summed E-state index contributed by atoms with van der Waals surface area (Å²) in [5.74, 6) is -2.27. The molecule has 0 bridgehead atoms. The molecule has 0 aliphatic carbocycles. The Labute approximate surface area is 176 Å². The first kappa shape index (κ1) is 22.7. The highest BCUT2D eigenvalue weighted by atomic mass is 79.9. The monoisotopic (exact) mass is 492 g/mol. The minimum Gasteiger partial charge on any atom is -0.454 e. The summed E-state index contributed by atoms with van der Waals surface area (Å²) in [7, 11) is 0. The zero-order valence-electron chi connectivity index (χ0n) is 14.5. The van der Waals surface area contributed by atoms with Gasteiger partial charge in [0.05, 0.1) is 10.6 Å². The van der Waals surface area contributed by atoms with Crippen molar-refractivity contribution in [3.05, 3.63) is 63.1 Å². The topological polar surface area (TPSA) is 84.5 Å². The molecule has 0 atom stereocenters. The van der Waals surface area contributed by atoms with Gasteiger partial charge in [-0.1, -0.05) is 33.6 Å². The normalized spacial score (nSPS) is 10.9. The van der Waals surface area contributed by atoms with Gasteiger partial charge in [0, 0.05) is 15.7 Å². The second-order valence-corrected chi connectivity index (χ2v) is 6.92. The van der Waals surface area contributed by atoms with Gasteiger partial charge in [0.15, 0.2) is 6.61 Å². The van der Waals surface area contributed by atoms with Crippen LogP contribution in [0.3, 0.4) is 0 Å². The Balaban J connectivity index is 1.82. The molecule has 0 unspecified atom stereocenters. The Bertz CT molecular complexity index is 938. The Morgan fingerprint density at radius 3 is 2.48 bits per heavy atom. The number of esters is 1. The molecule has 0 aromatic heterocycles. The van der Waals surface area contributed by atoms with E-state index in [4.69, 9.17) is 11.6 Å². The minimum atomic E-state index is -4.68. The maximum atomic E-state index is 12.8. The first-order valence-corrected chi connectivity index (χ1v) is 9.09.